The third-order valence-corrected chi connectivity index (χ3v) is 7.72. The highest BCUT2D eigenvalue weighted by Crippen LogP contribution is 2.33. The van der Waals surface area contributed by atoms with Crippen molar-refractivity contribution in [1.29, 1.82) is 0 Å². The van der Waals surface area contributed by atoms with Crippen molar-refractivity contribution in [3.8, 4) is 11.5 Å². The Morgan fingerprint density at radius 3 is 2.67 bits per heavy atom. The van der Waals surface area contributed by atoms with Gasteiger partial charge < -0.3 is 28.7 Å². The summed E-state index contributed by atoms with van der Waals surface area (Å²) in [5, 5.41) is 3.29. The van der Waals surface area contributed by atoms with E-state index < -0.39 is 5.82 Å². The maximum atomic E-state index is 14.6. The van der Waals surface area contributed by atoms with E-state index in [0.717, 1.165) is 5.56 Å². The minimum atomic E-state index is -0.435. The minimum Gasteiger partial charge on any atom is -0.460 e. The average Bonchev–Trinajstić information content (AvgIpc) is 3.63. The van der Waals surface area contributed by atoms with E-state index in [9.17, 15) is 14.0 Å². The number of furan rings is 1. The summed E-state index contributed by atoms with van der Waals surface area (Å²) in [5.74, 6) is 1.23. The molecule has 0 bridgehead atoms. The van der Waals surface area contributed by atoms with Gasteiger partial charge in [-0.1, -0.05) is 23.7 Å². The number of fused-ring (bicyclic) bond motifs is 2. The molecule has 4 aromatic rings. The first-order valence-electron chi connectivity index (χ1n) is 12.9. The summed E-state index contributed by atoms with van der Waals surface area (Å²) < 4.78 is 32.9. The fourth-order valence-corrected chi connectivity index (χ4v) is 5.47. The Bertz CT molecular complexity index is 1550. The highest BCUT2D eigenvalue weighted by Gasteiger charge is 2.30. The quantitative estimate of drug-likeness (QED) is 0.352. The standard InChI is InChI=1S/C29H27ClFN3O5/c1-17-11-23-26(39-17)13-24(34(23)15-20-21(30)3-2-4-22(20)31)29(36)33-9-7-19(8-10-33)28(35)32-14-18-5-6-25-27(12-18)38-16-37-25/h2-6,11-13,19H,7-10,14-16H2,1H3,(H,32,35). The van der Waals surface area contributed by atoms with E-state index in [-0.39, 0.29) is 31.1 Å². The average molecular weight is 552 g/mol. The number of hydrogen-bond donors (Lipinski definition) is 1. The predicted octanol–water partition coefficient (Wildman–Crippen LogP) is 5.28. The molecule has 1 N–H and O–H groups in total. The van der Waals surface area contributed by atoms with Gasteiger partial charge in [-0.2, -0.15) is 0 Å². The molecule has 1 fully saturated rings. The lowest BCUT2D eigenvalue weighted by molar-refractivity contribution is -0.126. The second-order valence-electron chi connectivity index (χ2n) is 9.89. The molecule has 10 heteroatoms. The fourth-order valence-electron chi connectivity index (χ4n) is 5.25. The molecule has 0 spiro atoms. The summed E-state index contributed by atoms with van der Waals surface area (Å²) in [4.78, 5) is 28.2. The zero-order valence-electron chi connectivity index (χ0n) is 21.3. The van der Waals surface area contributed by atoms with E-state index in [4.69, 9.17) is 25.5 Å². The molecule has 39 heavy (non-hydrogen) atoms. The van der Waals surface area contributed by atoms with Gasteiger partial charge in [0.1, 0.15) is 17.3 Å². The van der Waals surface area contributed by atoms with Gasteiger partial charge in [0.25, 0.3) is 5.91 Å². The van der Waals surface area contributed by atoms with Gasteiger partial charge in [-0.05, 0) is 49.6 Å². The highest BCUT2D eigenvalue weighted by molar-refractivity contribution is 6.31. The number of benzene rings is 2. The minimum absolute atomic E-state index is 0.0367. The number of aryl methyl sites for hydroxylation is 1. The first kappa shape index (κ1) is 25.3. The number of ether oxygens (including phenoxy) is 2. The van der Waals surface area contributed by atoms with Gasteiger partial charge in [0, 0.05) is 48.3 Å². The highest BCUT2D eigenvalue weighted by atomic mass is 35.5. The van der Waals surface area contributed by atoms with Crippen LogP contribution in [0.2, 0.25) is 5.02 Å². The van der Waals surface area contributed by atoms with Gasteiger partial charge in [0.2, 0.25) is 12.7 Å². The monoisotopic (exact) mass is 551 g/mol. The number of carbonyl (C=O) groups is 2. The molecule has 0 radical (unpaired) electrons. The number of amides is 2. The van der Waals surface area contributed by atoms with Crippen molar-refractivity contribution in [3.05, 3.63) is 82.0 Å². The van der Waals surface area contributed by atoms with Crippen LogP contribution in [0, 0.1) is 18.7 Å². The first-order valence-corrected chi connectivity index (χ1v) is 13.2. The zero-order chi connectivity index (χ0) is 27.1. The molecule has 0 atom stereocenters. The second-order valence-corrected chi connectivity index (χ2v) is 10.3. The third-order valence-electron chi connectivity index (χ3n) is 7.37. The van der Waals surface area contributed by atoms with E-state index in [2.05, 4.69) is 5.32 Å². The summed E-state index contributed by atoms with van der Waals surface area (Å²) in [7, 11) is 0. The van der Waals surface area contributed by atoms with Crippen molar-refractivity contribution in [2.75, 3.05) is 19.9 Å². The molecular formula is C29H27ClFN3O5. The third kappa shape index (κ3) is 4.94. The van der Waals surface area contributed by atoms with Crippen molar-refractivity contribution >= 4 is 34.5 Å². The number of rotatable bonds is 6. The molecule has 1 saturated heterocycles. The van der Waals surface area contributed by atoms with Gasteiger partial charge in [-0.25, -0.2) is 4.39 Å². The van der Waals surface area contributed by atoms with Gasteiger partial charge in [-0.3, -0.25) is 9.59 Å². The van der Waals surface area contributed by atoms with Crippen LogP contribution in [0.3, 0.4) is 0 Å². The maximum absolute atomic E-state index is 14.6. The lowest BCUT2D eigenvalue weighted by atomic mass is 9.95. The lowest BCUT2D eigenvalue weighted by Crippen LogP contribution is -2.43. The van der Waals surface area contributed by atoms with Crippen molar-refractivity contribution in [2.24, 2.45) is 5.92 Å². The SMILES string of the molecule is Cc1cc2c(cc(C(=O)N3CCC(C(=O)NCc4ccc5c(c4)OCO5)CC3)n2Cc2c(F)cccc2Cl)o1. The molecule has 2 aromatic carbocycles. The van der Waals surface area contributed by atoms with Crippen LogP contribution in [-0.2, 0) is 17.9 Å². The largest absolute Gasteiger partial charge is 0.460 e. The molecule has 202 valence electrons. The summed E-state index contributed by atoms with van der Waals surface area (Å²) >= 11 is 6.30. The van der Waals surface area contributed by atoms with Crippen molar-refractivity contribution < 1.29 is 27.9 Å². The van der Waals surface area contributed by atoms with Gasteiger partial charge >= 0.3 is 0 Å². The number of hydrogen-bond acceptors (Lipinski definition) is 5. The zero-order valence-corrected chi connectivity index (χ0v) is 22.1. The second kappa shape index (κ2) is 10.3. The number of likely N-dealkylation sites (tertiary alicyclic amines) is 1. The number of piperidine rings is 1. The maximum Gasteiger partial charge on any atom is 0.270 e. The number of halogens is 2. The Morgan fingerprint density at radius 2 is 1.87 bits per heavy atom. The van der Waals surface area contributed by atoms with Gasteiger partial charge in [0.05, 0.1) is 12.1 Å². The van der Waals surface area contributed by atoms with Crippen LogP contribution in [0.1, 0.15) is 40.2 Å². The number of nitrogens with zero attached hydrogens (tertiary/aromatic N) is 2. The Labute approximate surface area is 229 Å². The molecule has 8 nitrogen and oxygen atoms in total. The molecule has 0 saturated carbocycles. The topological polar surface area (TPSA) is 85.9 Å². The smallest absolute Gasteiger partial charge is 0.270 e. The van der Waals surface area contributed by atoms with Crippen LogP contribution in [0.25, 0.3) is 11.1 Å². The molecule has 6 rings (SSSR count). The molecule has 0 unspecified atom stereocenters. The first-order chi connectivity index (χ1) is 18.9. The van der Waals surface area contributed by atoms with E-state index in [0.29, 0.717) is 77.1 Å². The van der Waals surface area contributed by atoms with Crippen LogP contribution in [0.15, 0.2) is 52.9 Å². The lowest BCUT2D eigenvalue weighted by Gasteiger charge is -2.31. The van der Waals surface area contributed by atoms with Crippen molar-refractivity contribution in [1.82, 2.24) is 14.8 Å². The fraction of sp³-hybridized carbons (Fsp3) is 0.310. The molecule has 4 heterocycles. The number of aromatic nitrogens is 1. The Balaban J connectivity index is 1.13. The summed E-state index contributed by atoms with van der Waals surface area (Å²) in [6, 6.07) is 13.7. The van der Waals surface area contributed by atoms with Gasteiger partial charge in [0.15, 0.2) is 17.1 Å². The Kier molecular flexibility index (Phi) is 6.68. The summed E-state index contributed by atoms with van der Waals surface area (Å²) in [6.45, 7) is 3.38. The van der Waals surface area contributed by atoms with Crippen LogP contribution >= 0.6 is 11.6 Å². The molecule has 2 aliphatic heterocycles. The molecule has 2 aromatic heterocycles. The molecule has 2 aliphatic rings. The van der Waals surface area contributed by atoms with Crippen molar-refractivity contribution in [3.63, 3.8) is 0 Å². The Hall–Kier alpha value is -3.98. The predicted molar refractivity (Wildman–Crippen MR) is 142 cm³/mol. The van der Waals surface area contributed by atoms with Crippen LogP contribution < -0.4 is 14.8 Å². The van der Waals surface area contributed by atoms with Crippen LogP contribution in [0.4, 0.5) is 4.39 Å². The molecule has 0 aliphatic carbocycles. The van der Waals surface area contributed by atoms with Crippen LogP contribution in [-0.4, -0.2) is 41.2 Å². The summed E-state index contributed by atoms with van der Waals surface area (Å²) in [5.41, 5.74) is 2.89. The van der Waals surface area contributed by atoms with E-state index in [1.807, 2.05) is 31.2 Å². The van der Waals surface area contributed by atoms with Gasteiger partial charge in [-0.15, -0.1) is 0 Å². The summed E-state index contributed by atoms with van der Waals surface area (Å²) in [6.07, 6.45) is 1.10. The molecular weight excluding hydrogens is 525 g/mol. The Morgan fingerprint density at radius 1 is 1.08 bits per heavy atom. The van der Waals surface area contributed by atoms with E-state index in [1.54, 1.807) is 27.7 Å². The van der Waals surface area contributed by atoms with Crippen LogP contribution in [0.5, 0.6) is 11.5 Å². The normalized spacial score (nSPS) is 15.2. The molecule has 2 amide bonds. The van der Waals surface area contributed by atoms with E-state index >= 15 is 0 Å². The van der Waals surface area contributed by atoms with Crippen molar-refractivity contribution in [2.45, 2.75) is 32.9 Å². The number of carbonyl (C=O) groups excluding carboxylic acids is 2. The number of nitrogens with one attached hydrogen (secondary N) is 1. The van der Waals surface area contributed by atoms with E-state index in [1.165, 1.54) is 6.07 Å².